The summed E-state index contributed by atoms with van der Waals surface area (Å²) in [6, 6.07) is 1.57. The molecule has 17 heavy (non-hydrogen) atoms. The van der Waals surface area contributed by atoms with Crippen LogP contribution >= 0.6 is 0 Å². The number of aliphatic hydroxyl groups is 1. The number of aliphatic hydroxyl groups excluding tert-OH is 1. The molecule has 0 amide bonds. The van der Waals surface area contributed by atoms with Crippen LogP contribution in [0.3, 0.4) is 0 Å². The molecule has 0 radical (unpaired) electrons. The van der Waals surface area contributed by atoms with Gasteiger partial charge in [0.1, 0.15) is 0 Å². The molecule has 1 aromatic rings. The molecule has 0 atom stereocenters. The molecular weight excluding hydrogens is 240 g/mol. The molecular formula is C11H18N2O3S. The first-order valence-electron chi connectivity index (χ1n) is 5.71. The highest BCUT2D eigenvalue weighted by Crippen LogP contribution is 2.28. The number of hydrogen-bond donors (Lipinski definition) is 2. The van der Waals surface area contributed by atoms with Crippen LogP contribution in [-0.2, 0) is 23.7 Å². The number of hydrogen-bond acceptors (Lipinski definition) is 3. The largest absolute Gasteiger partial charge is 0.390 e. The van der Waals surface area contributed by atoms with Crippen molar-refractivity contribution in [2.45, 2.75) is 37.3 Å². The molecule has 0 aromatic carbocycles. The maximum Gasteiger partial charge on any atom is 0.242 e. The highest BCUT2D eigenvalue weighted by Gasteiger charge is 2.30. The fourth-order valence-corrected chi connectivity index (χ4v) is 3.52. The summed E-state index contributed by atoms with van der Waals surface area (Å²) in [4.78, 5) is 0.226. The molecule has 0 spiro atoms. The Balaban J connectivity index is 2.14. The van der Waals surface area contributed by atoms with Crippen molar-refractivity contribution < 1.29 is 13.5 Å². The minimum absolute atomic E-state index is 0.0628. The van der Waals surface area contributed by atoms with Gasteiger partial charge < -0.3 is 9.67 Å². The van der Waals surface area contributed by atoms with Crippen LogP contribution in [-0.4, -0.2) is 24.1 Å². The normalized spacial score (nSPS) is 24.6. The van der Waals surface area contributed by atoms with Crippen LogP contribution in [0.1, 0.15) is 25.5 Å². The van der Waals surface area contributed by atoms with Gasteiger partial charge in [0.25, 0.3) is 0 Å². The fraction of sp³-hybridized carbons (Fsp3) is 0.636. The maximum atomic E-state index is 12.0. The van der Waals surface area contributed by atoms with E-state index in [0.29, 0.717) is 11.6 Å². The van der Waals surface area contributed by atoms with Crippen LogP contribution in [0.5, 0.6) is 0 Å². The number of nitrogens with one attached hydrogen (secondary N) is 1. The lowest BCUT2D eigenvalue weighted by molar-refractivity contribution is 0.270. The number of aromatic nitrogens is 1. The highest BCUT2D eigenvalue weighted by molar-refractivity contribution is 7.89. The molecule has 6 heteroatoms. The SMILES string of the molecule is CC1CC(NS(=O)(=O)c2cc(CO)n(C)c2)C1. The van der Waals surface area contributed by atoms with Crippen molar-refractivity contribution in [2.24, 2.45) is 13.0 Å². The number of aryl methyl sites for hydroxylation is 1. The molecule has 0 aliphatic heterocycles. The Hall–Kier alpha value is -0.850. The molecule has 1 aromatic heterocycles. The molecule has 0 unspecified atom stereocenters. The summed E-state index contributed by atoms with van der Waals surface area (Å²) in [5.41, 5.74) is 0.590. The van der Waals surface area contributed by atoms with Gasteiger partial charge >= 0.3 is 0 Å². The second-order valence-electron chi connectivity index (χ2n) is 4.83. The third-order valence-corrected chi connectivity index (χ3v) is 4.74. The minimum Gasteiger partial charge on any atom is -0.390 e. The average molecular weight is 258 g/mol. The van der Waals surface area contributed by atoms with Gasteiger partial charge in [-0.1, -0.05) is 6.92 Å². The van der Waals surface area contributed by atoms with E-state index in [1.807, 2.05) is 0 Å². The molecule has 1 heterocycles. The number of sulfonamides is 1. The van der Waals surface area contributed by atoms with Crippen LogP contribution in [0.15, 0.2) is 17.2 Å². The van der Waals surface area contributed by atoms with Crippen molar-refractivity contribution in [1.29, 1.82) is 0 Å². The van der Waals surface area contributed by atoms with Crippen molar-refractivity contribution >= 4 is 10.0 Å². The maximum absolute atomic E-state index is 12.0. The Morgan fingerprint density at radius 1 is 1.53 bits per heavy atom. The zero-order valence-corrected chi connectivity index (χ0v) is 10.9. The lowest BCUT2D eigenvalue weighted by Crippen LogP contribution is -2.43. The van der Waals surface area contributed by atoms with Crippen molar-refractivity contribution in [3.8, 4) is 0 Å². The third kappa shape index (κ3) is 2.53. The summed E-state index contributed by atoms with van der Waals surface area (Å²) in [6.45, 7) is 1.95. The number of rotatable bonds is 4. The van der Waals surface area contributed by atoms with E-state index in [1.165, 1.54) is 12.3 Å². The van der Waals surface area contributed by atoms with E-state index in [-0.39, 0.29) is 17.5 Å². The smallest absolute Gasteiger partial charge is 0.242 e. The van der Waals surface area contributed by atoms with Crippen LogP contribution in [0.25, 0.3) is 0 Å². The first-order valence-corrected chi connectivity index (χ1v) is 7.19. The summed E-state index contributed by atoms with van der Waals surface area (Å²) >= 11 is 0. The second-order valence-corrected chi connectivity index (χ2v) is 6.54. The van der Waals surface area contributed by atoms with E-state index in [0.717, 1.165) is 12.8 Å². The Kier molecular flexibility index (Phi) is 3.29. The molecule has 1 aliphatic rings. The average Bonchev–Trinajstić information content (AvgIpc) is 2.58. The summed E-state index contributed by atoms with van der Waals surface area (Å²) in [7, 11) is -1.72. The second kappa shape index (κ2) is 4.44. The topological polar surface area (TPSA) is 71.3 Å². The van der Waals surface area contributed by atoms with Crippen molar-refractivity contribution in [2.75, 3.05) is 0 Å². The van der Waals surface area contributed by atoms with Gasteiger partial charge in [-0.05, 0) is 24.8 Å². The third-order valence-electron chi connectivity index (χ3n) is 3.25. The molecule has 2 rings (SSSR count). The van der Waals surface area contributed by atoms with Crippen LogP contribution in [0, 0.1) is 5.92 Å². The number of nitrogens with zero attached hydrogens (tertiary/aromatic N) is 1. The highest BCUT2D eigenvalue weighted by atomic mass is 32.2. The molecule has 0 saturated heterocycles. The lowest BCUT2D eigenvalue weighted by atomic mass is 9.83. The van der Waals surface area contributed by atoms with Gasteiger partial charge in [0.15, 0.2) is 0 Å². The molecule has 1 fully saturated rings. The fourth-order valence-electron chi connectivity index (χ4n) is 2.17. The molecule has 1 saturated carbocycles. The van der Waals surface area contributed by atoms with Gasteiger partial charge in [-0.3, -0.25) is 0 Å². The zero-order valence-electron chi connectivity index (χ0n) is 10.0. The van der Waals surface area contributed by atoms with Gasteiger partial charge in [0.2, 0.25) is 10.0 Å². The summed E-state index contributed by atoms with van der Waals surface area (Å²) in [6.07, 6.45) is 3.33. The van der Waals surface area contributed by atoms with E-state index < -0.39 is 10.0 Å². The van der Waals surface area contributed by atoms with Gasteiger partial charge in [0, 0.05) is 25.0 Å². The minimum atomic E-state index is -3.44. The van der Waals surface area contributed by atoms with E-state index in [2.05, 4.69) is 11.6 Å². The summed E-state index contributed by atoms with van der Waals surface area (Å²) in [5, 5.41) is 9.04. The Morgan fingerprint density at radius 3 is 2.65 bits per heavy atom. The summed E-state index contributed by atoms with van der Waals surface area (Å²) in [5.74, 6) is 0.603. The predicted octanol–water partition coefficient (Wildman–Crippen LogP) is 0.594. The molecule has 2 N–H and O–H groups in total. The summed E-state index contributed by atoms with van der Waals surface area (Å²) < 4.78 is 28.3. The van der Waals surface area contributed by atoms with Gasteiger partial charge in [-0.15, -0.1) is 0 Å². The quantitative estimate of drug-likeness (QED) is 0.830. The van der Waals surface area contributed by atoms with Crippen LogP contribution in [0.4, 0.5) is 0 Å². The van der Waals surface area contributed by atoms with Crippen molar-refractivity contribution in [3.63, 3.8) is 0 Å². The van der Waals surface area contributed by atoms with Crippen molar-refractivity contribution in [1.82, 2.24) is 9.29 Å². The Labute approximate surface area is 102 Å². The van der Waals surface area contributed by atoms with E-state index >= 15 is 0 Å². The van der Waals surface area contributed by atoms with E-state index in [1.54, 1.807) is 11.6 Å². The molecule has 1 aliphatic carbocycles. The van der Waals surface area contributed by atoms with Gasteiger partial charge in [-0.25, -0.2) is 13.1 Å². The molecule has 96 valence electrons. The molecule has 5 nitrogen and oxygen atoms in total. The van der Waals surface area contributed by atoms with E-state index in [4.69, 9.17) is 5.11 Å². The first-order chi connectivity index (χ1) is 7.92. The van der Waals surface area contributed by atoms with Gasteiger partial charge in [0.05, 0.1) is 11.5 Å². The molecule has 0 bridgehead atoms. The van der Waals surface area contributed by atoms with Gasteiger partial charge in [-0.2, -0.15) is 0 Å². The standard InChI is InChI=1S/C11H18N2O3S/c1-8-3-9(4-8)12-17(15,16)11-5-10(7-14)13(2)6-11/h5-6,8-9,12,14H,3-4,7H2,1-2H3. The van der Waals surface area contributed by atoms with Crippen LogP contribution in [0.2, 0.25) is 0 Å². The monoisotopic (exact) mass is 258 g/mol. The zero-order chi connectivity index (χ0) is 12.6. The predicted molar refractivity (Wildman–Crippen MR) is 63.8 cm³/mol. The Morgan fingerprint density at radius 2 is 2.18 bits per heavy atom. The van der Waals surface area contributed by atoms with E-state index in [9.17, 15) is 8.42 Å². The first kappa shape index (κ1) is 12.6. The van der Waals surface area contributed by atoms with Crippen molar-refractivity contribution in [3.05, 3.63) is 18.0 Å². The Bertz CT molecular complexity index is 501. The lowest BCUT2D eigenvalue weighted by Gasteiger charge is -2.32. The van der Waals surface area contributed by atoms with Crippen LogP contribution < -0.4 is 4.72 Å².